The van der Waals surface area contributed by atoms with Gasteiger partial charge in [0.25, 0.3) is 0 Å². The summed E-state index contributed by atoms with van der Waals surface area (Å²) in [5, 5.41) is 17.1. The third-order valence-corrected chi connectivity index (χ3v) is 2.55. The molecule has 130 valence electrons. The van der Waals surface area contributed by atoms with Gasteiger partial charge in [0.2, 0.25) is 0 Å². The maximum atomic E-state index is 13.8. The standard InChI is InChI=1S/C15H14F4N2O3/c1-4-24-15(23)9(6-20-21-7(2)3)14(22)8-5-10(16)12(18)13(19)11(8)17/h5-6,22H,4H2,1-3H3/b14-9-,20-6+. The summed E-state index contributed by atoms with van der Waals surface area (Å²) in [6, 6.07) is 0.213. The zero-order valence-electron chi connectivity index (χ0n) is 13.0. The molecule has 0 aliphatic carbocycles. The normalized spacial score (nSPS) is 12.1. The Bertz CT molecular complexity index is 739. The number of ether oxygens (including phenoxy) is 1. The van der Waals surface area contributed by atoms with Crippen LogP contribution in [0.4, 0.5) is 17.6 Å². The van der Waals surface area contributed by atoms with E-state index < -0.39 is 46.1 Å². The summed E-state index contributed by atoms with van der Waals surface area (Å²) in [6.45, 7) is 4.56. The molecule has 9 heteroatoms. The Morgan fingerprint density at radius 2 is 1.83 bits per heavy atom. The molecule has 1 aromatic rings. The van der Waals surface area contributed by atoms with E-state index >= 15 is 0 Å². The summed E-state index contributed by atoms with van der Waals surface area (Å²) < 4.78 is 57.9. The average molecular weight is 346 g/mol. The van der Waals surface area contributed by atoms with Crippen LogP contribution in [-0.2, 0) is 9.53 Å². The lowest BCUT2D eigenvalue weighted by Gasteiger charge is -2.08. The fraction of sp³-hybridized carbons (Fsp3) is 0.267. The molecule has 0 spiro atoms. The van der Waals surface area contributed by atoms with Crippen molar-refractivity contribution in [1.29, 1.82) is 0 Å². The molecule has 0 heterocycles. The Balaban J connectivity index is 3.55. The molecule has 1 rings (SSSR count). The second-order valence-corrected chi connectivity index (χ2v) is 4.62. The van der Waals surface area contributed by atoms with Gasteiger partial charge in [0.1, 0.15) is 11.3 Å². The predicted octanol–water partition coefficient (Wildman–Crippen LogP) is 3.54. The highest BCUT2D eigenvalue weighted by Gasteiger charge is 2.25. The molecular formula is C15H14F4N2O3. The van der Waals surface area contributed by atoms with E-state index in [1.165, 1.54) is 6.92 Å². The van der Waals surface area contributed by atoms with Crippen molar-refractivity contribution < 1.29 is 32.2 Å². The van der Waals surface area contributed by atoms with Crippen LogP contribution in [0.2, 0.25) is 0 Å². The first-order chi connectivity index (χ1) is 11.2. The number of carbonyl (C=O) groups is 1. The lowest BCUT2D eigenvalue weighted by molar-refractivity contribution is -0.137. The number of rotatable bonds is 5. The predicted molar refractivity (Wildman–Crippen MR) is 79.7 cm³/mol. The molecule has 0 saturated heterocycles. The fourth-order valence-corrected chi connectivity index (χ4v) is 1.51. The summed E-state index contributed by atoms with van der Waals surface area (Å²) in [5.41, 5.74) is -1.26. The van der Waals surface area contributed by atoms with E-state index in [4.69, 9.17) is 0 Å². The molecule has 0 unspecified atom stereocenters. The monoisotopic (exact) mass is 346 g/mol. The van der Waals surface area contributed by atoms with Crippen LogP contribution in [0, 0.1) is 23.3 Å². The molecule has 1 N–H and O–H groups in total. The molecule has 0 atom stereocenters. The van der Waals surface area contributed by atoms with E-state index in [1.54, 1.807) is 13.8 Å². The first kappa shape index (κ1) is 19.3. The van der Waals surface area contributed by atoms with Crippen molar-refractivity contribution in [3.8, 4) is 0 Å². The molecule has 24 heavy (non-hydrogen) atoms. The van der Waals surface area contributed by atoms with Gasteiger partial charge in [-0.3, -0.25) is 0 Å². The van der Waals surface area contributed by atoms with Gasteiger partial charge in [-0.15, -0.1) is 0 Å². The summed E-state index contributed by atoms with van der Waals surface area (Å²) in [5.74, 6) is -10.1. The third-order valence-electron chi connectivity index (χ3n) is 2.55. The van der Waals surface area contributed by atoms with Crippen molar-refractivity contribution in [2.24, 2.45) is 10.2 Å². The Labute approximate surface area is 135 Å². The number of aliphatic hydroxyl groups excluding tert-OH is 1. The Morgan fingerprint density at radius 3 is 2.38 bits per heavy atom. The fourth-order valence-electron chi connectivity index (χ4n) is 1.51. The SMILES string of the molecule is CCOC(=O)C(/C=N/N=C(C)C)=C(\O)c1cc(F)c(F)c(F)c1F. The van der Waals surface area contributed by atoms with E-state index in [0.29, 0.717) is 5.71 Å². The average Bonchev–Trinajstić information content (AvgIpc) is 2.52. The number of halogens is 4. The van der Waals surface area contributed by atoms with Gasteiger partial charge in [0.05, 0.1) is 18.4 Å². The number of benzene rings is 1. The van der Waals surface area contributed by atoms with Crippen LogP contribution in [-0.4, -0.2) is 29.6 Å². The van der Waals surface area contributed by atoms with Gasteiger partial charge < -0.3 is 9.84 Å². The number of esters is 1. The minimum atomic E-state index is -2.13. The van der Waals surface area contributed by atoms with Crippen LogP contribution in [0.1, 0.15) is 26.3 Å². The Hall–Kier alpha value is -2.71. The highest BCUT2D eigenvalue weighted by atomic mass is 19.2. The molecule has 0 amide bonds. The smallest absolute Gasteiger partial charge is 0.343 e. The zero-order valence-corrected chi connectivity index (χ0v) is 13.0. The van der Waals surface area contributed by atoms with Gasteiger partial charge in [-0.25, -0.2) is 22.4 Å². The molecule has 0 aliphatic heterocycles. The molecule has 0 aromatic heterocycles. The van der Waals surface area contributed by atoms with Gasteiger partial charge in [-0.2, -0.15) is 10.2 Å². The molecule has 5 nitrogen and oxygen atoms in total. The number of hydrogen-bond acceptors (Lipinski definition) is 5. The quantitative estimate of drug-likeness (QED) is 0.130. The first-order valence-electron chi connectivity index (χ1n) is 6.68. The maximum Gasteiger partial charge on any atom is 0.343 e. The second-order valence-electron chi connectivity index (χ2n) is 4.62. The third kappa shape index (κ3) is 4.40. The van der Waals surface area contributed by atoms with Crippen LogP contribution >= 0.6 is 0 Å². The molecule has 0 fully saturated rings. The minimum absolute atomic E-state index is 0.0891. The Kier molecular flexibility index (Phi) is 6.63. The van der Waals surface area contributed by atoms with Crippen molar-refractivity contribution >= 4 is 23.7 Å². The van der Waals surface area contributed by atoms with Crippen LogP contribution in [0.25, 0.3) is 5.76 Å². The van der Waals surface area contributed by atoms with Crippen molar-refractivity contribution in [3.05, 3.63) is 40.5 Å². The minimum Gasteiger partial charge on any atom is -0.506 e. The highest BCUT2D eigenvalue weighted by Crippen LogP contribution is 2.25. The summed E-state index contributed by atoms with van der Waals surface area (Å²) in [4.78, 5) is 11.8. The second kappa shape index (κ2) is 8.23. The van der Waals surface area contributed by atoms with E-state index in [2.05, 4.69) is 14.9 Å². The first-order valence-corrected chi connectivity index (χ1v) is 6.68. The van der Waals surface area contributed by atoms with Crippen LogP contribution in [0.15, 0.2) is 21.8 Å². The largest absolute Gasteiger partial charge is 0.506 e. The summed E-state index contributed by atoms with van der Waals surface area (Å²) >= 11 is 0. The number of aliphatic hydroxyl groups is 1. The topological polar surface area (TPSA) is 71.2 Å². The molecular weight excluding hydrogens is 332 g/mol. The summed E-state index contributed by atoms with van der Waals surface area (Å²) in [6.07, 6.45) is 0.735. The van der Waals surface area contributed by atoms with E-state index in [9.17, 15) is 27.5 Å². The maximum absolute atomic E-state index is 13.8. The lowest BCUT2D eigenvalue weighted by Crippen LogP contribution is -2.12. The number of carbonyl (C=O) groups excluding carboxylic acids is 1. The lowest BCUT2D eigenvalue weighted by atomic mass is 10.1. The van der Waals surface area contributed by atoms with Gasteiger partial charge in [0.15, 0.2) is 23.3 Å². The highest BCUT2D eigenvalue weighted by molar-refractivity contribution is 6.15. The molecule has 0 aliphatic rings. The van der Waals surface area contributed by atoms with Crippen molar-refractivity contribution in [2.75, 3.05) is 6.61 Å². The van der Waals surface area contributed by atoms with Gasteiger partial charge in [0, 0.05) is 5.71 Å². The number of hydrogen-bond donors (Lipinski definition) is 1. The van der Waals surface area contributed by atoms with E-state index in [1.807, 2.05) is 0 Å². The Morgan fingerprint density at radius 1 is 1.21 bits per heavy atom. The van der Waals surface area contributed by atoms with Gasteiger partial charge in [-0.05, 0) is 26.8 Å². The van der Waals surface area contributed by atoms with E-state index in [0.717, 1.165) is 6.21 Å². The summed E-state index contributed by atoms with van der Waals surface area (Å²) in [7, 11) is 0. The van der Waals surface area contributed by atoms with Crippen molar-refractivity contribution in [3.63, 3.8) is 0 Å². The molecule has 0 radical (unpaired) electrons. The zero-order chi connectivity index (χ0) is 18.4. The van der Waals surface area contributed by atoms with Crippen molar-refractivity contribution in [2.45, 2.75) is 20.8 Å². The molecule has 0 saturated carbocycles. The van der Waals surface area contributed by atoms with E-state index in [-0.39, 0.29) is 12.7 Å². The van der Waals surface area contributed by atoms with Crippen LogP contribution in [0.3, 0.4) is 0 Å². The number of nitrogens with zero attached hydrogens (tertiary/aromatic N) is 2. The van der Waals surface area contributed by atoms with Crippen LogP contribution in [0.5, 0.6) is 0 Å². The molecule has 1 aromatic carbocycles. The van der Waals surface area contributed by atoms with Crippen LogP contribution < -0.4 is 0 Å². The van der Waals surface area contributed by atoms with Gasteiger partial charge in [-0.1, -0.05) is 0 Å². The van der Waals surface area contributed by atoms with Gasteiger partial charge >= 0.3 is 5.97 Å². The van der Waals surface area contributed by atoms with Crippen molar-refractivity contribution in [1.82, 2.24) is 0 Å². The molecule has 0 bridgehead atoms.